The summed E-state index contributed by atoms with van der Waals surface area (Å²) in [5.74, 6) is 1.74. The SMILES string of the molecule is C=CCOc1ccccc1CNC(=NC)NC1CCC(SC)C1. The van der Waals surface area contributed by atoms with Crippen molar-refractivity contribution in [3.05, 3.63) is 42.5 Å². The Kier molecular flexibility index (Phi) is 7.33. The van der Waals surface area contributed by atoms with Crippen molar-refractivity contribution in [3.63, 3.8) is 0 Å². The van der Waals surface area contributed by atoms with Gasteiger partial charge in [-0.2, -0.15) is 11.8 Å². The zero-order chi connectivity index (χ0) is 16.5. The third-order valence-corrected chi connectivity index (χ3v) is 5.15. The zero-order valence-corrected chi connectivity index (χ0v) is 14.9. The predicted octanol–water partition coefficient (Wildman–Crippen LogP) is 3.20. The monoisotopic (exact) mass is 333 g/mol. The molecule has 1 fully saturated rings. The van der Waals surface area contributed by atoms with Gasteiger partial charge in [-0.3, -0.25) is 4.99 Å². The van der Waals surface area contributed by atoms with Crippen LogP contribution in [0.2, 0.25) is 0 Å². The molecule has 0 heterocycles. The van der Waals surface area contributed by atoms with E-state index in [-0.39, 0.29) is 0 Å². The molecule has 4 nitrogen and oxygen atoms in total. The number of hydrogen-bond donors (Lipinski definition) is 2. The molecule has 1 aromatic carbocycles. The quantitative estimate of drug-likeness (QED) is 0.457. The molecule has 2 N–H and O–H groups in total. The number of para-hydroxylation sites is 1. The highest BCUT2D eigenvalue weighted by Crippen LogP contribution is 2.28. The molecule has 23 heavy (non-hydrogen) atoms. The molecule has 1 aromatic rings. The first kappa shape index (κ1) is 17.7. The first-order chi connectivity index (χ1) is 11.3. The summed E-state index contributed by atoms with van der Waals surface area (Å²) in [5, 5.41) is 7.70. The molecular formula is C18H27N3OS. The summed E-state index contributed by atoms with van der Waals surface area (Å²) in [7, 11) is 1.82. The van der Waals surface area contributed by atoms with E-state index in [4.69, 9.17) is 4.74 Å². The molecule has 0 amide bonds. The minimum Gasteiger partial charge on any atom is -0.489 e. The smallest absolute Gasteiger partial charge is 0.191 e. The van der Waals surface area contributed by atoms with E-state index in [1.54, 1.807) is 6.08 Å². The maximum atomic E-state index is 5.69. The number of guanidine groups is 1. The van der Waals surface area contributed by atoms with E-state index in [1.165, 1.54) is 19.3 Å². The molecule has 126 valence electrons. The summed E-state index contributed by atoms with van der Waals surface area (Å²) in [4.78, 5) is 4.34. The van der Waals surface area contributed by atoms with E-state index >= 15 is 0 Å². The highest BCUT2D eigenvalue weighted by Gasteiger charge is 2.24. The van der Waals surface area contributed by atoms with Gasteiger partial charge in [0.25, 0.3) is 0 Å². The molecule has 0 saturated heterocycles. The van der Waals surface area contributed by atoms with Crippen LogP contribution in [0.3, 0.4) is 0 Å². The number of hydrogen-bond acceptors (Lipinski definition) is 3. The molecule has 2 atom stereocenters. The Morgan fingerprint density at radius 2 is 2.26 bits per heavy atom. The van der Waals surface area contributed by atoms with Crippen LogP contribution in [0.15, 0.2) is 41.9 Å². The molecule has 0 radical (unpaired) electrons. The van der Waals surface area contributed by atoms with E-state index in [0.29, 0.717) is 19.2 Å². The molecule has 2 unspecified atom stereocenters. The number of benzene rings is 1. The predicted molar refractivity (Wildman–Crippen MR) is 100 cm³/mol. The van der Waals surface area contributed by atoms with E-state index in [0.717, 1.165) is 22.5 Å². The normalized spacial score (nSPS) is 21.0. The third kappa shape index (κ3) is 5.50. The van der Waals surface area contributed by atoms with Gasteiger partial charge in [0.15, 0.2) is 5.96 Å². The van der Waals surface area contributed by atoms with Crippen LogP contribution in [0.4, 0.5) is 0 Å². The molecule has 1 saturated carbocycles. The van der Waals surface area contributed by atoms with E-state index in [9.17, 15) is 0 Å². The summed E-state index contributed by atoms with van der Waals surface area (Å²) in [5.41, 5.74) is 1.12. The number of thioether (sulfide) groups is 1. The second-order valence-electron chi connectivity index (χ2n) is 5.65. The van der Waals surface area contributed by atoms with Crippen molar-refractivity contribution >= 4 is 17.7 Å². The molecule has 2 rings (SSSR count). The number of aliphatic imine (C=N–C) groups is 1. The standard InChI is InChI=1S/C18H27N3OS/c1-4-11-22-17-8-6-5-7-14(17)13-20-18(19-2)21-15-9-10-16(12-15)23-3/h4-8,15-16H,1,9-13H2,2-3H3,(H2,19,20,21). The lowest BCUT2D eigenvalue weighted by atomic mass is 10.2. The van der Waals surface area contributed by atoms with Crippen molar-refractivity contribution in [1.29, 1.82) is 0 Å². The Morgan fingerprint density at radius 1 is 1.43 bits per heavy atom. The number of rotatable bonds is 7. The van der Waals surface area contributed by atoms with E-state index < -0.39 is 0 Å². The minimum atomic E-state index is 0.516. The van der Waals surface area contributed by atoms with Crippen molar-refractivity contribution in [2.75, 3.05) is 19.9 Å². The number of nitrogens with zero attached hydrogens (tertiary/aromatic N) is 1. The van der Waals surface area contributed by atoms with Gasteiger partial charge in [0.1, 0.15) is 12.4 Å². The Hall–Kier alpha value is -1.62. The lowest BCUT2D eigenvalue weighted by Gasteiger charge is -2.18. The summed E-state index contributed by atoms with van der Waals surface area (Å²) in [6, 6.07) is 8.57. The fourth-order valence-corrected chi connectivity index (χ4v) is 3.59. The average molecular weight is 334 g/mol. The van der Waals surface area contributed by atoms with Gasteiger partial charge in [0, 0.05) is 30.4 Å². The van der Waals surface area contributed by atoms with Gasteiger partial charge in [0.05, 0.1) is 0 Å². The molecule has 1 aliphatic carbocycles. The van der Waals surface area contributed by atoms with Crippen LogP contribution in [-0.2, 0) is 6.54 Å². The second-order valence-corrected chi connectivity index (χ2v) is 6.78. The first-order valence-electron chi connectivity index (χ1n) is 8.08. The van der Waals surface area contributed by atoms with Crippen LogP contribution in [0, 0.1) is 0 Å². The van der Waals surface area contributed by atoms with Gasteiger partial charge in [-0.05, 0) is 31.6 Å². The summed E-state index contributed by atoms with van der Waals surface area (Å²) in [6.07, 6.45) is 7.66. The Morgan fingerprint density at radius 3 is 2.96 bits per heavy atom. The third-order valence-electron chi connectivity index (χ3n) is 4.06. The average Bonchev–Trinajstić information content (AvgIpc) is 3.05. The fourth-order valence-electron chi connectivity index (χ4n) is 2.79. The summed E-state index contributed by atoms with van der Waals surface area (Å²) in [6.45, 7) is 4.89. The van der Waals surface area contributed by atoms with Gasteiger partial charge in [0.2, 0.25) is 0 Å². The van der Waals surface area contributed by atoms with E-state index in [2.05, 4.69) is 34.5 Å². The van der Waals surface area contributed by atoms with Crippen molar-refractivity contribution in [2.24, 2.45) is 4.99 Å². The van der Waals surface area contributed by atoms with Crippen LogP contribution >= 0.6 is 11.8 Å². The largest absolute Gasteiger partial charge is 0.489 e. The lowest BCUT2D eigenvalue weighted by Crippen LogP contribution is -2.42. The molecule has 0 aliphatic heterocycles. The highest BCUT2D eigenvalue weighted by molar-refractivity contribution is 7.99. The van der Waals surface area contributed by atoms with Crippen LogP contribution in [0.1, 0.15) is 24.8 Å². The lowest BCUT2D eigenvalue weighted by molar-refractivity contribution is 0.358. The van der Waals surface area contributed by atoms with Crippen LogP contribution < -0.4 is 15.4 Å². The maximum Gasteiger partial charge on any atom is 0.191 e. The summed E-state index contributed by atoms with van der Waals surface area (Å²) < 4.78 is 5.69. The minimum absolute atomic E-state index is 0.516. The molecule has 1 aliphatic rings. The topological polar surface area (TPSA) is 45.6 Å². The Balaban J connectivity index is 1.87. The van der Waals surface area contributed by atoms with Crippen molar-refractivity contribution < 1.29 is 4.74 Å². The van der Waals surface area contributed by atoms with Gasteiger partial charge >= 0.3 is 0 Å². The van der Waals surface area contributed by atoms with Gasteiger partial charge < -0.3 is 15.4 Å². The zero-order valence-electron chi connectivity index (χ0n) is 14.0. The van der Waals surface area contributed by atoms with Crippen LogP contribution in [0.25, 0.3) is 0 Å². The highest BCUT2D eigenvalue weighted by atomic mass is 32.2. The second kappa shape index (κ2) is 9.50. The number of nitrogens with one attached hydrogen (secondary N) is 2. The molecular weight excluding hydrogens is 306 g/mol. The Labute approximate surface area is 143 Å². The summed E-state index contributed by atoms with van der Waals surface area (Å²) >= 11 is 1.97. The molecule has 5 heteroatoms. The Bertz CT molecular complexity index is 533. The van der Waals surface area contributed by atoms with E-state index in [1.807, 2.05) is 37.0 Å². The van der Waals surface area contributed by atoms with Gasteiger partial charge in [-0.1, -0.05) is 30.9 Å². The van der Waals surface area contributed by atoms with Crippen LogP contribution in [-0.4, -0.2) is 37.2 Å². The maximum absolute atomic E-state index is 5.69. The van der Waals surface area contributed by atoms with Gasteiger partial charge in [-0.15, -0.1) is 0 Å². The van der Waals surface area contributed by atoms with Crippen LogP contribution in [0.5, 0.6) is 5.75 Å². The number of ether oxygens (including phenoxy) is 1. The first-order valence-corrected chi connectivity index (χ1v) is 9.37. The molecule has 0 aromatic heterocycles. The van der Waals surface area contributed by atoms with Gasteiger partial charge in [-0.25, -0.2) is 0 Å². The van der Waals surface area contributed by atoms with Crippen molar-refractivity contribution in [1.82, 2.24) is 10.6 Å². The molecule has 0 spiro atoms. The molecule has 0 bridgehead atoms. The van der Waals surface area contributed by atoms with Crippen molar-refractivity contribution in [2.45, 2.75) is 37.1 Å². The fraction of sp³-hybridized carbons (Fsp3) is 0.500. The van der Waals surface area contributed by atoms with Crippen molar-refractivity contribution in [3.8, 4) is 5.75 Å².